The number of nitrogens with one attached hydrogen (secondary N) is 2. The Hall–Kier alpha value is -2.24. The van der Waals surface area contributed by atoms with Gasteiger partial charge in [-0.15, -0.1) is 0 Å². The predicted molar refractivity (Wildman–Crippen MR) is 74.9 cm³/mol. The molecule has 0 spiro atoms. The molecule has 6 heteroatoms. The van der Waals surface area contributed by atoms with E-state index in [4.69, 9.17) is 9.84 Å². The Morgan fingerprint density at radius 1 is 1.40 bits per heavy atom. The van der Waals surface area contributed by atoms with E-state index >= 15 is 0 Å². The van der Waals surface area contributed by atoms with Crippen LogP contribution in [0.15, 0.2) is 24.3 Å². The summed E-state index contributed by atoms with van der Waals surface area (Å²) >= 11 is 0. The van der Waals surface area contributed by atoms with Crippen LogP contribution in [0.3, 0.4) is 0 Å². The van der Waals surface area contributed by atoms with Gasteiger partial charge in [0, 0.05) is 6.04 Å². The van der Waals surface area contributed by atoms with Crippen molar-refractivity contribution in [3.63, 3.8) is 0 Å². The van der Waals surface area contributed by atoms with E-state index in [1.807, 2.05) is 31.2 Å². The minimum atomic E-state index is -0.944. The Kier molecular flexibility index (Phi) is 6.36. The smallest absolute Gasteiger partial charge is 0.315 e. The van der Waals surface area contributed by atoms with Crippen LogP contribution in [0.4, 0.5) is 4.79 Å². The van der Waals surface area contributed by atoms with E-state index < -0.39 is 18.0 Å². The maximum absolute atomic E-state index is 11.4. The summed E-state index contributed by atoms with van der Waals surface area (Å²) in [5.74, 6) is -0.188. The first-order valence-electron chi connectivity index (χ1n) is 6.43. The molecule has 1 aromatic rings. The molecule has 2 amide bonds. The Morgan fingerprint density at radius 3 is 2.80 bits per heavy atom. The quantitative estimate of drug-likeness (QED) is 0.661. The number of aryl methyl sites for hydroxylation is 1. The summed E-state index contributed by atoms with van der Waals surface area (Å²) in [4.78, 5) is 21.9. The fourth-order valence-corrected chi connectivity index (χ4v) is 1.63. The Balaban J connectivity index is 2.17. The number of urea groups is 1. The fourth-order valence-electron chi connectivity index (χ4n) is 1.63. The minimum absolute atomic E-state index is 0.104. The highest BCUT2D eigenvalue weighted by Crippen LogP contribution is 2.11. The molecule has 3 N–H and O–H groups in total. The zero-order valence-corrected chi connectivity index (χ0v) is 11.7. The van der Waals surface area contributed by atoms with Gasteiger partial charge in [0.15, 0.2) is 0 Å². The molecule has 6 nitrogen and oxygen atoms in total. The monoisotopic (exact) mass is 280 g/mol. The Bertz CT molecular complexity index is 462. The maximum atomic E-state index is 11.4. The molecule has 0 aliphatic rings. The van der Waals surface area contributed by atoms with E-state index in [1.54, 1.807) is 6.92 Å². The molecule has 0 aromatic heterocycles. The van der Waals surface area contributed by atoms with Gasteiger partial charge in [0.1, 0.15) is 12.4 Å². The number of amides is 2. The van der Waals surface area contributed by atoms with Gasteiger partial charge in [0.25, 0.3) is 0 Å². The van der Waals surface area contributed by atoms with Gasteiger partial charge in [-0.2, -0.15) is 0 Å². The van der Waals surface area contributed by atoms with Crippen molar-refractivity contribution in [2.75, 3.05) is 13.2 Å². The van der Waals surface area contributed by atoms with Gasteiger partial charge in [-0.3, -0.25) is 4.79 Å². The van der Waals surface area contributed by atoms with Crippen LogP contribution >= 0.6 is 0 Å². The van der Waals surface area contributed by atoms with Gasteiger partial charge < -0.3 is 20.5 Å². The van der Waals surface area contributed by atoms with Crippen molar-refractivity contribution >= 4 is 12.0 Å². The summed E-state index contributed by atoms with van der Waals surface area (Å²) in [7, 11) is 0. The van der Waals surface area contributed by atoms with Crippen molar-refractivity contribution in [1.29, 1.82) is 0 Å². The van der Waals surface area contributed by atoms with E-state index in [2.05, 4.69) is 10.6 Å². The molecule has 0 heterocycles. The molecular weight excluding hydrogens is 260 g/mol. The van der Waals surface area contributed by atoms with Gasteiger partial charge in [-0.05, 0) is 31.5 Å². The first-order chi connectivity index (χ1) is 9.47. The molecular formula is C14H20N2O4. The lowest BCUT2D eigenvalue weighted by Gasteiger charge is -2.13. The van der Waals surface area contributed by atoms with Gasteiger partial charge in [-0.1, -0.05) is 12.1 Å². The number of carboxylic acid groups (broad SMARTS) is 1. The van der Waals surface area contributed by atoms with E-state index in [0.29, 0.717) is 13.2 Å². The summed E-state index contributed by atoms with van der Waals surface area (Å²) in [6.07, 6.45) is -0.104. The molecule has 0 radical (unpaired) electrons. The van der Waals surface area contributed by atoms with Gasteiger partial charge >= 0.3 is 12.0 Å². The minimum Gasteiger partial charge on any atom is -0.492 e. The third kappa shape index (κ3) is 6.63. The molecule has 110 valence electrons. The highest BCUT2D eigenvalue weighted by atomic mass is 16.5. The molecule has 0 aliphatic heterocycles. The summed E-state index contributed by atoms with van der Waals surface area (Å²) in [5.41, 5.74) is 1.11. The van der Waals surface area contributed by atoms with E-state index in [1.165, 1.54) is 0 Å². The van der Waals surface area contributed by atoms with E-state index in [0.717, 1.165) is 11.3 Å². The topological polar surface area (TPSA) is 87.7 Å². The fraction of sp³-hybridized carbons (Fsp3) is 0.429. The summed E-state index contributed by atoms with van der Waals surface area (Å²) in [6, 6.07) is 6.83. The predicted octanol–water partition coefficient (Wildman–Crippen LogP) is 1.54. The average molecular weight is 280 g/mol. The number of carbonyl (C=O) groups excluding carboxylic acids is 1. The van der Waals surface area contributed by atoms with Crippen LogP contribution in [-0.4, -0.2) is 36.3 Å². The van der Waals surface area contributed by atoms with Crippen molar-refractivity contribution in [1.82, 2.24) is 10.6 Å². The molecule has 1 unspecified atom stereocenters. The van der Waals surface area contributed by atoms with Crippen LogP contribution < -0.4 is 15.4 Å². The normalized spacial score (nSPS) is 11.5. The molecule has 0 fully saturated rings. The van der Waals surface area contributed by atoms with Crippen LogP contribution in [0.5, 0.6) is 5.75 Å². The first kappa shape index (κ1) is 15.8. The van der Waals surface area contributed by atoms with Crippen molar-refractivity contribution in [3.05, 3.63) is 29.8 Å². The lowest BCUT2D eigenvalue weighted by Crippen LogP contribution is -2.42. The highest BCUT2D eigenvalue weighted by molar-refractivity contribution is 5.75. The molecule has 1 atom stereocenters. The zero-order chi connectivity index (χ0) is 15.0. The highest BCUT2D eigenvalue weighted by Gasteiger charge is 2.10. The zero-order valence-electron chi connectivity index (χ0n) is 11.7. The number of carbonyl (C=O) groups is 2. The molecule has 1 rings (SSSR count). The van der Waals surface area contributed by atoms with Crippen molar-refractivity contribution in [2.24, 2.45) is 0 Å². The average Bonchev–Trinajstić information content (AvgIpc) is 2.33. The number of hydrogen-bond donors (Lipinski definition) is 3. The largest absolute Gasteiger partial charge is 0.492 e. The third-order valence-corrected chi connectivity index (χ3v) is 2.50. The number of ether oxygens (including phenoxy) is 1. The number of carboxylic acids is 1. The molecule has 0 saturated carbocycles. The van der Waals surface area contributed by atoms with Gasteiger partial charge in [0.05, 0.1) is 13.0 Å². The van der Waals surface area contributed by atoms with Crippen LogP contribution in [0, 0.1) is 6.92 Å². The Labute approximate surface area is 118 Å². The summed E-state index contributed by atoms with van der Waals surface area (Å²) in [6.45, 7) is 4.31. The van der Waals surface area contributed by atoms with Crippen molar-refractivity contribution in [3.8, 4) is 5.75 Å². The van der Waals surface area contributed by atoms with E-state index in [9.17, 15) is 9.59 Å². The second-order valence-electron chi connectivity index (χ2n) is 4.56. The standard InChI is InChI=1S/C14H20N2O4/c1-10-4-3-5-12(8-10)20-7-6-15-14(19)16-11(2)9-13(17)18/h3-5,8,11H,6-7,9H2,1-2H3,(H,17,18)(H2,15,16,19). The Morgan fingerprint density at radius 2 is 2.15 bits per heavy atom. The third-order valence-electron chi connectivity index (χ3n) is 2.50. The number of hydrogen-bond acceptors (Lipinski definition) is 3. The molecule has 0 saturated heterocycles. The van der Waals surface area contributed by atoms with Crippen LogP contribution in [0.1, 0.15) is 18.9 Å². The second-order valence-corrected chi connectivity index (χ2v) is 4.56. The van der Waals surface area contributed by atoms with E-state index in [-0.39, 0.29) is 6.42 Å². The van der Waals surface area contributed by atoms with Gasteiger partial charge in [0.2, 0.25) is 0 Å². The van der Waals surface area contributed by atoms with Crippen LogP contribution in [0.2, 0.25) is 0 Å². The lowest BCUT2D eigenvalue weighted by atomic mass is 10.2. The number of rotatable bonds is 7. The summed E-state index contributed by atoms with van der Waals surface area (Å²) in [5, 5.41) is 13.7. The van der Waals surface area contributed by atoms with Crippen molar-refractivity contribution in [2.45, 2.75) is 26.3 Å². The first-order valence-corrected chi connectivity index (χ1v) is 6.43. The van der Waals surface area contributed by atoms with Crippen LogP contribution in [0.25, 0.3) is 0 Å². The maximum Gasteiger partial charge on any atom is 0.315 e. The molecule has 1 aromatic carbocycles. The molecule has 0 bridgehead atoms. The number of benzene rings is 1. The van der Waals surface area contributed by atoms with Crippen LogP contribution in [-0.2, 0) is 4.79 Å². The SMILES string of the molecule is Cc1cccc(OCCNC(=O)NC(C)CC(=O)O)c1. The van der Waals surface area contributed by atoms with Crippen molar-refractivity contribution < 1.29 is 19.4 Å². The van der Waals surface area contributed by atoms with Gasteiger partial charge in [-0.25, -0.2) is 4.79 Å². The summed E-state index contributed by atoms with van der Waals surface area (Å²) < 4.78 is 5.47. The molecule has 0 aliphatic carbocycles. The number of aliphatic carboxylic acids is 1. The lowest BCUT2D eigenvalue weighted by molar-refractivity contribution is -0.137. The second kappa shape index (κ2) is 8.04. The molecule has 20 heavy (non-hydrogen) atoms.